The van der Waals surface area contributed by atoms with Crippen molar-refractivity contribution in [3.8, 4) is 5.75 Å². The number of likely N-dealkylation sites (N-methyl/N-ethyl adjacent to an activating group) is 1. The van der Waals surface area contributed by atoms with Gasteiger partial charge in [0.2, 0.25) is 0 Å². The van der Waals surface area contributed by atoms with Crippen LogP contribution in [0.15, 0.2) is 48.5 Å². The molecule has 3 saturated heterocycles. The minimum atomic E-state index is -0.949. The number of carbonyl (C=O) groups excluding carboxylic acids is 3. The van der Waals surface area contributed by atoms with Crippen molar-refractivity contribution in [2.24, 2.45) is 0 Å². The van der Waals surface area contributed by atoms with Gasteiger partial charge in [-0.1, -0.05) is 30.3 Å². The van der Waals surface area contributed by atoms with E-state index in [-0.39, 0.29) is 30.2 Å². The summed E-state index contributed by atoms with van der Waals surface area (Å²) in [6.45, 7) is 7.09. The lowest BCUT2D eigenvalue weighted by Crippen LogP contribution is -2.54. The van der Waals surface area contributed by atoms with Gasteiger partial charge in [-0.2, -0.15) is 0 Å². The van der Waals surface area contributed by atoms with Crippen LogP contribution in [0.4, 0.5) is 15.3 Å². The van der Waals surface area contributed by atoms with Gasteiger partial charge in [0.25, 0.3) is 5.91 Å². The zero-order valence-corrected chi connectivity index (χ0v) is 26.3. The van der Waals surface area contributed by atoms with Crippen LogP contribution in [0.2, 0.25) is 0 Å². The first-order valence-corrected chi connectivity index (χ1v) is 16.4. The van der Waals surface area contributed by atoms with Crippen molar-refractivity contribution in [1.29, 1.82) is 0 Å². The Labute approximate surface area is 265 Å². The maximum absolute atomic E-state index is 13.8. The van der Waals surface area contributed by atoms with Crippen LogP contribution in [0.25, 0.3) is 0 Å². The molecule has 11 heteroatoms. The Balaban J connectivity index is 1.05. The molecule has 2 N–H and O–H groups in total. The Morgan fingerprint density at radius 1 is 0.844 bits per heavy atom. The molecule has 1 unspecified atom stereocenters. The number of hydrogen-bond acceptors (Lipinski definition) is 7. The Morgan fingerprint density at radius 3 is 2.20 bits per heavy atom. The minimum absolute atomic E-state index is 0.0272. The smallest absolute Gasteiger partial charge is 0.410 e. The summed E-state index contributed by atoms with van der Waals surface area (Å²) >= 11 is 0. The summed E-state index contributed by atoms with van der Waals surface area (Å²) < 4.78 is 5.98. The van der Waals surface area contributed by atoms with Gasteiger partial charge < -0.3 is 34.8 Å². The fourth-order valence-corrected chi connectivity index (χ4v) is 7.16. The normalized spacial score (nSPS) is 21.5. The molecule has 0 aliphatic carbocycles. The molecule has 45 heavy (non-hydrogen) atoms. The standard InChI is InChI=1S/C34H46N6O5/c1-36-20-22-37(23-21-36)27-11-15-38(16-12-27)32(42)31(24-25-6-8-29(41)9-7-25)45-34(44)39-17-13-28(14-18-39)40-19-10-26-4-2-3-5-30(26)35-33(40)43/h2-9,27-28,31,41H,10-24H2,1H3,(H,35,43). The topological polar surface area (TPSA) is 109 Å². The molecule has 0 spiro atoms. The van der Waals surface area contributed by atoms with Crippen LogP contribution in [0.1, 0.15) is 36.8 Å². The molecule has 0 bridgehead atoms. The van der Waals surface area contributed by atoms with Crippen molar-refractivity contribution in [1.82, 2.24) is 24.5 Å². The van der Waals surface area contributed by atoms with Crippen molar-refractivity contribution in [2.45, 2.75) is 56.7 Å². The second-order valence-electron chi connectivity index (χ2n) is 12.9. The summed E-state index contributed by atoms with van der Waals surface area (Å²) in [6, 6.07) is 15.0. The van der Waals surface area contributed by atoms with Crippen LogP contribution >= 0.6 is 0 Å². The van der Waals surface area contributed by atoms with E-state index in [2.05, 4.69) is 22.2 Å². The molecule has 4 heterocycles. The number of aromatic hydroxyl groups is 1. The summed E-state index contributed by atoms with van der Waals surface area (Å²) in [7, 11) is 2.16. The van der Waals surface area contributed by atoms with E-state index in [0.29, 0.717) is 51.6 Å². The first-order chi connectivity index (χ1) is 21.8. The first-order valence-electron chi connectivity index (χ1n) is 16.4. The average Bonchev–Trinajstić information content (AvgIpc) is 3.23. The molecule has 3 fully saturated rings. The number of ether oxygens (including phenoxy) is 1. The summed E-state index contributed by atoms with van der Waals surface area (Å²) in [6.07, 6.45) is 2.71. The number of piperidine rings is 2. The zero-order valence-electron chi connectivity index (χ0n) is 26.3. The monoisotopic (exact) mass is 618 g/mol. The lowest BCUT2D eigenvalue weighted by Gasteiger charge is -2.42. The number of para-hydroxylation sites is 1. The fraction of sp³-hybridized carbons (Fsp3) is 0.559. The second kappa shape index (κ2) is 14.1. The number of amides is 4. The van der Waals surface area contributed by atoms with Gasteiger partial charge in [-0.3, -0.25) is 9.69 Å². The van der Waals surface area contributed by atoms with Crippen molar-refractivity contribution in [2.75, 3.05) is 71.3 Å². The highest BCUT2D eigenvalue weighted by molar-refractivity contribution is 5.91. The van der Waals surface area contributed by atoms with Gasteiger partial charge in [-0.15, -0.1) is 0 Å². The SMILES string of the molecule is CN1CCN(C2CCN(C(=O)C(Cc3ccc(O)cc3)OC(=O)N3CCC(N4CCc5ccccc5NC4=O)CC3)CC2)CC1. The molecule has 0 radical (unpaired) electrons. The third-order valence-corrected chi connectivity index (χ3v) is 10.0. The number of fused-ring (bicyclic) bond motifs is 1. The molecule has 11 nitrogen and oxygen atoms in total. The Morgan fingerprint density at radius 2 is 1.49 bits per heavy atom. The summed E-state index contributed by atoms with van der Waals surface area (Å²) in [4.78, 5) is 50.7. The first kappa shape index (κ1) is 31.2. The summed E-state index contributed by atoms with van der Waals surface area (Å²) in [5, 5.41) is 12.8. The van der Waals surface area contributed by atoms with Crippen molar-refractivity contribution in [3.05, 3.63) is 59.7 Å². The zero-order chi connectivity index (χ0) is 31.3. The summed E-state index contributed by atoms with van der Waals surface area (Å²) in [5.41, 5.74) is 2.80. The minimum Gasteiger partial charge on any atom is -0.508 e. The van der Waals surface area contributed by atoms with Gasteiger partial charge in [-0.05, 0) is 68.5 Å². The average molecular weight is 619 g/mol. The number of benzene rings is 2. The van der Waals surface area contributed by atoms with E-state index in [9.17, 15) is 19.5 Å². The highest BCUT2D eigenvalue weighted by Gasteiger charge is 2.36. The number of carbonyl (C=O) groups is 3. The predicted molar refractivity (Wildman–Crippen MR) is 171 cm³/mol. The highest BCUT2D eigenvalue weighted by atomic mass is 16.6. The molecule has 4 amide bonds. The number of rotatable bonds is 6. The second-order valence-corrected chi connectivity index (χ2v) is 12.9. The lowest BCUT2D eigenvalue weighted by molar-refractivity contribution is -0.142. The Bertz CT molecular complexity index is 1330. The van der Waals surface area contributed by atoms with Crippen molar-refractivity contribution < 1.29 is 24.2 Å². The van der Waals surface area contributed by atoms with E-state index < -0.39 is 12.2 Å². The van der Waals surface area contributed by atoms with Gasteiger partial charge in [0.1, 0.15) is 5.75 Å². The Hall–Kier alpha value is -3.83. The molecule has 0 saturated carbocycles. The van der Waals surface area contributed by atoms with E-state index in [1.807, 2.05) is 34.1 Å². The molecule has 2 aromatic rings. The van der Waals surface area contributed by atoms with Gasteiger partial charge in [0.15, 0.2) is 6.10 Å². The maximum atomic E-state index is 13.8. The van der Waals surface area contributed by atoms with E-state index >= 15 is 0 Å². The van der Waals surface area contributed by atoms with Gasteiger partial charge in [0.05, 0.1) is 0 Å². The van der Waals surface area contributed by atoms with Crippen LogP contribution < -0.4 is 5.32 Å². The number of anilines is 1. The van der Waals surface area contributed by atoms with Crippen LogP contribution in [-0.4, -0.2) is 132 Å². The fourth-order valence-electron chi connectivity index (χ4n) is 7.16. The molecule has 4 aliphatic rings. The van der Waals surface area contributed by atoms with Gasteiger partial charge in [-0.25, -0.2) is 9.59 Å². The third-order valence-electron chi connectivity index (χ3n) is 10.0. The number of nitrogens with zero attached hydrogens (tertiary/aromatic N) is 5. The quantitative estimate of drug-likeness (QED) is 0.512. The highest BCUT2D eigenvalue weighted by Crippen LogP contribution is 2.26. The van der Waals surface area contributed by atoms with E-state index in [1.165, 1.54) is 0 Å². The van der Waals surface area contributed by atoms with Crippen LogP contribution in [0.3, 0.4) is 0 Å². The molecule has 4 aliphatic heterocycles. The number of piperazine rings is 1. The number of phenolic OH excluding ortho intramolecular Hbond substituents is 1. The van der Waals surface area contributed by atoms with E-state index in [4.69, 9.17) is 4.74 Å². The molecular weight excluding hydrogens is 572 g/mol. The summed E-state index contributed by atoms with van der Waals surface area (Å²) in [5.74, 6) is -0.0154. The molecule has 242 valence electrons. The number of phenols is 1. The Kier molecular flexibility index (Phi) is 9.75. The van der Waals surface area contributed by atoms with Crippen LogP contribution in [0.5, 0.6) is 5.75 Å². The van der Waals surface area contributed by atoms with Gasteiger partial charge >= 0.3 is 12.1 Å². The predicted octanol–water partition coefficient (Wildman–Crippen LogP) is 3.23. The van der Waals surface area contributed by atoms with Crippen molar-refractivity contribution in [3.63, 3.8) is 0 Å². The van der Waals surface area contributed by atoms with Crippen molar-refractivity contribution >= 4 is 23.7 Å². The molecule has 1 atom stereocenters. The van der Waals surface area contributed by atoms with E-state index in [1.54, 1.807) is 29.2 Å². The number of urea groups is 1. The van der Waals surface area contributed by atoms with Crippen LogP contribution in [-0.2, 0) is 22.4 Å². The number of nitrogens with one attached hydrogen (secondary N) is 1. The van der Waals surface area contributed by atoms with Crippen LogP contribution in [0, 0.1) is 0 Å². The lowest BCUT2D eigenvalue weighted by atomic mass is 10.0. The largest absolute Gasteiger partial charge is 0.508 e. The molecular formula is C34H46N6O5. The van der Waals surface area contributed by atoms with Gasteiger partial charge in [0, 0.05) is 83.1 Å². The molecule has 6 rings (SSSR count). The number of likely N-dealkylation sites (tertiary alicyclic amines) is 2. The number of hydrogen-bond donors (Lipinski definition) is 2. The third kappa shape index (κ3) is 7.53. The molecule has 0 aromatic heterocycles. The molecule has 2 aromatic carbocycles. The maximum Gasteiger partial charge on any atom is 0.410 e. The van der Waals surface area contributed by atoms with E-state index in [0.717, 1.165) is 62.3 Å².